The lowest BCUT2D eigenvalue weighted by Crippen LogP contribution is -2.22. The molecule has 0 heterocycles. The minimum absolute atomic E-state index is 0.0584. The first-order valence-electron chi connectivity index (χ1n) is 3.59. The van der Waals surface area contributed by atoms with Crippen LogP contribution in [0.3, 0.4) is 0 Å². The molecule has 0 aromatic rings. The first-order chi connectivity index (χ1) is 6.84. The fourth-order valence-electron chi connectivity index (χ4n) is 0.564. The van der Waals surface area contributed by atoms with Crippen molar-refractivity contribution >= 4 is 40.8 Å². The Bertz CT molecular complexity index is 339. The van der Waals surface area contributed by atoms with Gasteiger partial charge in [0.25, 0.3) is 0 Å². The normalized spacial score (nSPS) is 12.4. The topological polar surface area (TPSA) is 76.1 Å². The van der Waals surface area contributed by atoms with Crippen LogP contribution in [0.2, 0.25) is 0 Å². The van der Waals surface area contributed by atoms with E-state index in [4.69, 9.17) is 45.8 Å². The van der Waals surface area contributed by atoms with Gasteiger partial charge in [-0.25, -0.2) is 4.79 Å². The molecule has 0 rings (SSSR count). The molecular weight excluding hydrogens is 262 g/mol. The van der Waals surface area contributed by atoms with E-state index >= 15 is 0 Å². The van der Waals surface area contributed by atoms with Gasteiger partial charge < -0.3 is 10.5 Å². The van der Waals surface area contributed by atoms with Gasteiger partial charge in [-0.05, 0) is 0 Å². The summed E-state index contributed by atoms with van der Waals surface area (Å²) in [6, 6.07) is 1.51. The molecular formula is C8H7Cl3N2O2. The number of nitrogens with two attached hydrogens (primary N) is 1. The van der Waals surface area contributed by atoms with E-state index in [1.807, 2.05) is 0 Å². The van der Waals surface area contributed by atoms with E-state index in [1.165, 1.54) is 12.1 Å². The van der Waals surface area contributed by atoms with Gasteiger partial charge in [-0.2, -0.15) is 5.26 Å². The number of rotatable bonds is 3. The number of nitriles is 1. The van der Waals surface area contributed by atoms with E-state index in [0.29, 0.717) is 0 Å². The third-order valence-corrected chi connectivity index (χ3v) is 1.83. The molecule has 82 valence electrons. The number of ether oxygens (including phenoxy) is 1. The maximum Gasteiger partial charge on any atom is 0.351 e. The summed E-state index contributed by atoms with van der Waals surface area (Å²) in [6.45, 7) is 3.27. The maximum absolute atomic E-state index is 11.2. The lowest BCUT2D eigenvalue weighted by atomic mass is 10.2. The van der Waals surface area contributed by atoms with Gasteiger partial charge in [0.1, 0.15) is 12.7 Å². The first-order valence-corrected chi connectivity index (χ1v) is 4.73. The smallest absolute Gasteiger partial charge is 0.351 e. The Balaban J connectivity index is 5.00. The minimum Gasteiger partial charge on any atom is -0.457 e. The molecule has 4 nitrogen and oxygen atoms in total. The van der Waals surface area contributed by atoms with E-state index < -0.39 is 21.0 Å². The number of alkyl halides is 3. The summed E-state index contributed by atoms with van der Waals surface area (Å²) >= 11 is 16.2. The number of nitrogens with zero attached hydrogens (tertiary/aromatic N) is 1. The third kappa shape index (κ3) is 4.43. The van der Waals surface area contributed by atoms with Crippen molar-refractivity contribution in [3.05, 3.63) is 23.9 Å². The Morgan fingerprint density at radius 2 is 2.13 bits per heavy atom. The van der Waals surface area contributed by atoms with Gasteiger partial charge in [0.05, 0.1) is 5.70 Å². The molecule has 15 heavy (non-hydrogen) atoms. The van der Waals surface area contributed by atoms with Gasteiger partial charge in [-0.3, -0.25) is 0 Å². The average molecular weight is 270 g/mol. The van der Waals surface area contributed by atoms with Crippen LogP contribution in [-0.2, 0) is 9.53 Å². The molecule has 0 aromatic heterocycles. The Labute approximate surface area is 102 Å². The van der Waals surface area contributed by atoms with E-state index in [0.717, 1.165) is 0 Å². The second-order valence-electron chi connectivity index (χ2n) is 2.29. The van der Waals surface area contributed by atoms with Crippen molar-refractivity contribution in [1.29, 1.82) is 5.26 Å². The molecule has 0 aliphatic carbocycles. The van der Waals surface area contributed by atoms with Crippen LogP contribution in [0.15, 0.2) is 23.9 Å². The number of carbonyl (C=O) groups is 1. The largest absolute Gasteiger partial charge is 0.457 e. The number of halogens is 3. The predicted octanol–water partition coefficient (Wildman–Crippen LogP) is 1.82. The lowest BCUT2D eigenvalue weighted by Gasteiger charge is -2.12. The molecule has 0 aliphatic rings. The van der Waals surface area contributed by atoms with Gasteiger partial charge in [0.2, 0.25) is 3.79 Å². The number of allylic oxidation sites excluding steroid dienone is 1. The summed E-state index contributed by atoms with van der Waals surface area (Å²) in [5, 5.41) is 8.64. The van der Waals surface area contributed by atoms with E-state index in [9.17, 15) is 4.79 Å². The Kier molecular flexibility index (Phi) is 5.51. The zero-order valence-corrected chi connectivity index (χ0v) is 9.73. The van der Waals surface area contributed by atoms with E-state index in [1.54, 1.807) is 0 Å². The van der Waals surface area contributed by atoms with Crippen LogP contribution in [0.4, 0.5) is 0 Å². The van der Waals surface area contributed by atoms with Crippen molar-refractivity contribution < 1.29 is 9.53 Å². The molecule has 2 N–H and O–H groups in total. The summed E-state index contributed by atoms with van der Waals surface area (Å²) in [6.07, 6.45) is 1.33. The second-order valence-corrected chi connectivity index (χ2v) is 4.57. The highest BCUT2D eigenvalue weighted by molar-refractivity contribution is 6.69. The van der Waals surface area contributed by atoms with Crippen LogP contribution < -0.4 is 5.73 Å². The van der Waals surface area contributed by atoms with Crippen LogP contribution in [0.25, 0.3) is 0 Å². The fraction of sp³-hybridized carbons (Fsp3) is 0.250. The number of esters is 1. The van der Waals surface area contributed by atoms with Crippen LogP contribution in [0.1, 0.15) is 0 Å². The highest BCUT2D eigenvalue weighted by Gasteiger charge is 2.30. The molecule has 7 heteroatoms. The molecule has 0 aliphatic heterocycles. The molecule has 0 spiro atoms. The highest BCUT2D eigenvalue weighted by Crippen LogP contribution is 2.33. The molecule has 0 radical (unpaired) electrons. The first kappa shape index (κ1) is 14.1. The zero-order chi connectivity index (χ0) is 12.1. The molecule has 0 fully saturated rings. The molecule has 0 amide bonds. The summed E-state index contributed by atoms with van der Waals surface area (Å²) in [4.78, 5) is 11.2. The van der Waals surface area contributed by atoms with Gasteiger partial charge in [-0.15, -0.1) is 0 Å². The molecule has 0 saturated carbocycles. The van der Waals surface area contributed by atoms with Gasteiger partial charge in [0.15, 0.2) is 5.57 Å². The van der Waals surface area contributed by atoms with Crippen LogP contribution >= 0.6 is 34.8 Å². The molecule has 0 saturated heterocycles. The summed E-state index contributed by atoms with van der Waals surface area (Å²) < 4.78 is 2.55. The maximum atomic E-state index is 11.2. The van der Waals surface area contributed by atoms with Gasteiger partial charge >= 0.3 is 5.97 Å². The van der Waals surface area contributed by atoms with E-state index in [-0.39, 0.29) is 6.61 Å². The minimum atomic E-state index is -2.02. The SMILES string of the molecule is C=CCOC(=O)/C(C#N)=C(\N)C(Cl)(Cl)Cl. The monoisotopic (exact) mass is 268 g/mol. The Morgan fingerprint density at radius 3 is 2.47 bits per heavy atom. The second kappa shape index (κ2) is 5.86. The predicted molar refractivity (Wildman–Crippen MR) is 58.3 cm³/mol. The van der Waals surface area contributed by atoms with Crippen LogP contribution in [0, 0.1) is 11.3 Å². The zero-order valence-electron chi connectivity index (χ0n) is 7.47. The number of hydrogen-bond acceptors (Lipinski definition) is 4. The van der Waals surface area contributed by atoms with E-state index in [2.05, 4.69) is 11.3 Å². The van der Waals surface area contributed by atoms with Crippen molar-refractivity contribution in [2.45, 2.75) is 3.79 Å². The van der Waals surface area contributed by atoms with Crippen LogP contribution in [0.5, 0.6) is 0 Å². The summed E-state index contributed by atoms with van der Waals surface area (Å²) in [5.41, 5.74) is 4.31. The Morgan fingerprint density at radius 1 is 1.60 bits per heavy atom. The number of hydrogen-bond donors (Lipinski definition) is 1. The van der Waals surface area contributed by atoms with Crippen molar-refractivity contribution in [3.63, 3.8) is 0 Å². The van der Waals surface area contributed by atoms with Crippen LogP contribution in [-0.4, -0.2) is 16.4 Å². The third-order valence-electron chi connectivity index (χ3n) is 1.22. The lowest BCUT2D eigenvalue weighted by molar-refractivity contribution is -0.137. The van der Waals surface area contributed by atoms with Crippen molar-refractivity contribution in [2.75, 3.05) is 6.61 Å². The molecule has 0 aromatic carbocycles. The molecule has 0 unspecified atom stereocenters. The fourth-order valence-corrected chi connectivity index (χ4v) is 0.848. The van der Waals surface area contributed by atoms with Crippen molar-refractivity contribution in [3.8, 4) is 6.07 Å². The molecule has 0 atom stereocenters. The quantitative estimate of drug-likeness (QED) is 0.279. The summed E-state index contributed by atoms with van der Waals surface area (Å²) in [7, 11) is 0. The van der Waals surface area contributed by atoms with Crippen molar-refractivity contribution in [1.82, 2.24) is 0 Å². The van der Waals surface area contributed by atoms with Crippen molar-refractivity contribution in [2.24, 2.45) is 5.73 Å². The van der Waals surface area contributed by atoms with Gasteiger partial charge in [0, 0.05) is 0 Å². The number of carbonyl (C=O) groups excluding carboxylic acids is 1. The Hall–Kier alpha value is -0.890. The molecule has 0 bridgehead atoms. The van der Waals surface area contributed by atoms with Gasteiger partial charge in [-0.1, -0.05) is 47.5 Å². The highest BCUT2D eigenvalue weighted by atomic mass is 35.6. The standard InChI is InChI=1S/C8H7Cl3N2O2/c1-2-3-15-7(14)5(4-12)6(13)8(9,10)11/h2H,1,3,13H2/b6-5-. The average Bonchev–Trinajstić information content (AvgIpc) is 2.14. The summed E-state index contributed by atoms with van der Waals surface area (Å²) in [5.74, 6) is -0.957.